The molecule has 0 fully saturated rings. The molecule has 0 amide bonds. The van der Waals surface area contributed by atoms with Crippen LogP contribution in [-0.4, -0.2) is 0 Å². The minimum Gasteiger partial charge on any atom is -0.456 e. The summed E-state index contributed by atoms with van der Waals surface area (Å²) >= 11 is 0. The number of fused-ring (bicyclic) bond motifs is 9. The molecular weight excluding hydrogens is 617 g/mol. The van der Waals surface area contributed by atoms with E-state index in [4.69, 9.17) is 4.42 Å². The van der Waals surface area contributed by atoms with Crippen molar-refractivity contribution < 1.29 is 4.42 Å². The molecule has 236 valence electrons. The zero-order valence-corrected chi connectivity index (χ0v) is 27.7. The van der Waals surface area contributed by atoms with Crippen molar-refractivity contribution >= 4 is 75.8 Å². The third-order valence-corrected chi connectivity index (χ3v) is 10.8. The first kappa shape index (κ1) is 28.2. The van der Waals surface area contributed by atoms with Crippen molar-refractivity contribution in [3.8, 4) is 33.4 Å². The van der Waals surface area contributed by atoms with Crippen molar-refractivity contribution in [1.29, 1.82) is 0 Å². The third-order valence-electron chi connectivity index (χ3n) is 10.8. The minimum atomic E-state index is 0.913. The van der Waals surface area contributed by atoms with Crippen LogP contribution in [0.5, 0.6) is 0 Å². The van der Waals surface area contributed by atoms with Gasteiger partial charge in [-0.3, -0.25) is 0 Å². The van der Waals surface area contributed by atoms with E-state index < -0.39 is 0 Å². The maximum Gasteiger partial charge on any atom is 0.136 e. The van der Waals surface area contributed by atoms with Crippen LogP contribution in [0.25, 0.3) is 109 Å². The van der Waals surface area contributed by atoms with Gasteiger partial charge in [-0.1, -0.05) is 158 Å². The van der Waals surface area contributed by atoms with Gasteiger partial charge >= 0.3 is 0 Å². The maximum atomic E-state index is 6.41. The minimum absolute atomic E-state index is 0.913. The molecule has 0 aliphatic heterocycles. The maximum absolute atomic E-state index is 6.41. The Morgan fingerprint density at radius 3 is 1.49 bits per heavy atom. The zero-order valence-electron chi connectivity index (χ0n) is 27.7. The van der Waals surface area contributed by atoms with Crippen molar-refractivity contribution in [2.24, 2.45) is 0 Å². The van der Waals surface area contributed by atoms with Gasteiger partial charge in [0, 0.05) is 10.8 Å². The summed E-state index contributed by atoms with van der Waals surface area (Å²) in [6.07, 6.45) is 0. The summed E-state index contributed by atoms with van der Waals surface area (Å²) in [5, 5.41) is 14.9. The predicted molar refractivity (Wildman–Crippen MR) is 218 cm³/mol. The van der Waals surface area contributed by atoms with E-state index in [1.807, 2.05) is 0 Å². The number of rotatable bonds is 3. The highest BCUT2D eigenvalue weighted by Gasteiger charge is 2.19. The van der Waals surface area contributed by atoms with E-state index in [2.05, 4.69) is 182 Å². The third kappa shape index (κ3) is 4.22. The van der Waals surface area contributed by atoms with Crippen molar-refractivity contribution in [1.82, 2.24) is 0 Å². The van der Waals surface area contributed by atoms with E-state index in [0.717, 1.165) is 21.9 Å². The molecule has 11 rings (SSSR count). The Morgan fingerprint density at radius 2 is 0.804 bits per heavy atom. The van der Waals surface area contributed by atoms with Crippen LogP contribution < -0.4 is 0 Å². The van der Waals surface area contributed by atoms with Gasteiger partial charge in [0.05, 0.1) is 0 Å². The second-order valence-electron chi connectivity index (χ2n) is 13.6. The zero-order chi connectivity index (χ0) is 33.5. The number of hydrogen-bond donors (Lipinski definition) is 0. The molecule has 1 heteroatoms. The molecule has 1 nitrogen and oxygen atoms in total. The smallest absolute Gasteiger partial charge is 0.136 e. The second kappa shape index (κ2) is 10.9. The fraction of sp³-hybridized carbons (Fsp3) is 0. The summed E-state index contributed by atoms with van der Waals surface area (Å²) in [6, 6.07) is 66.4. The molecule has 0 N–H and O–H groups in total. The highest BCUT2D eigenvalue weighted by Crippen LogP contribution is 2.47. The van der Waals surface area contributed by atoms with E-state index in [9.17, 15) is 0 Å². The molecule has 0 saturated carbocycles. The van der Waals surface area contributed by atoms with Crippen LogP contribution in [0.2, 0.25) is 0 Å². The van der Waals surface area contributed by atoms with Crippen molar-refractivity contribution in [2.75, 3.05) is 0 Å². The Bertz CT molecular complexity index is 3120. The molecule has 0 radical (unpaired) electrons. The summed E-state index contributed by atoms with van der Waals surface area (Å²) in [7, 11) is 0. The first-order valence-electron chi connectivity index (χ1n) is 17.6. The normalized spacial score (nSPS) is 11.9. The summed E-state index contributed by atoms with van der Waals surface area (Å²) < 4.78 is 6.41. The molecule has 0 unspecified atom stereocenters. The monoisotopic (exact) mass is 646 g/mol. The average molecular weight is 647 g/mol. The quantitative estimate of drug-likeness (QED) is 0.138. The standard InChI is InChI=1S/C50H30O/c1-2-13-34-30-47-45(28-33(34)12-1)50-37(22-11-23-46(50)51-47)31-24-26-32(27-25-31)48-40-18-7-9-20-42(40)49(43-21-10-8-19-41(43)48)44-29-35-14-3-4-15-36(35)38-16-5-6-17-39(38)44/h1-30H. The van der Waals surface area contributed by atoms with Gasteiger partial charge in [0.25, 0.3) is 0 Å². The van der Waals surface area contributed by atoms with Crippen LogP contribution in [0, 0.1) is 0 Å². The van der Waals surface area contributed by atoms with Crippen LogP contribution in [-0.2, 0) is 0 Å². The molecule has 0 saturated heterocycles. The number of benzene rings is 10. The predicted octanol–water partition coefficient (Wildman–Crippen LogP) is 14.4. The number of hydrogen-bond acceptors (Lipinski definition) is 1. The Morgan fingerprint density at radius 1 is 0.275 bits per heavy atom. The van der Waals surface area contributed by atoms with Crippen LogP contribution >= 0.6 is 0 Å². The molecule has 10 aromatic carbocycles. The van der Waals surface area contributed by atoms with Gasteiger partial charge in [-0.2, -0.15) is 0 Å². The van der Waals surface area contributed by atoms with Crippen LogP contribution in [0.3, 0.4) is 0 Å². The molecule has 0 aliphatic carbocycles. The first-order valence-corrected chi connectivity index (χ1v) is 17.6. The SMILES string of the molecule is c1ccc2cc3c(cc2c1)oc1cccc(-c2ccc(-c4c5ccccc5c(-c5cc6ccccc6c6ccccc56)c5ccccc45)cc2)c13. The second-order valence-corrected chi connectivity index (χ2v) is 13.6. The fourth-order valence-electron chi connectivity index (χ4n) is 8.56. The lowest BCUT2D eigenvalue weighted by molar-refractivity contribution is 0.669. The number of furan rings is 1. The Kier molecular flexibility index (Phi) is 6.02. The Balaban J connectivity index is 1.13. The molecule has 11 aromatic rings. The summed E-state index contributed by atoms with van der Waals surface area (Å²) in [6.45, 7) is 0. The topological polar surface area (TPSA) is 13.1 Å². The van der Waals surface area contributed by atoms with Crippen LogP contribution in [0.4, 0.5) is 0 Å². The lowest BCUT2D eigenvalue weighted by Crippen LogP contribution is -1.92. The molecule has 0 spiro atoms. The lowest BCUT2D eigenvalue weighted by Gasteiger charge is -2.19. The van der Waals surface area contributed by atoms with Gasteiger partial charge in [-0.15, -0.1) is 0 Å². The lowest BCUT2D eigenvalue weighted by atomic mass is 9.83. The van der Waals surface area contributed by atoms with E-state index >= 15 is 0 Å². The largest absolute Gasteiger partial charge is 0.456 e. The molecule has 0 atom stereocenters. The fourth-order valence-corrected chi connectivity index (χ4v) is 8.56. The van der Waals surface area contributed by atoms with Gasteiger partial charge in [-0.05, 0) is 112 Å². The van der Waals surface area contributed by atoms with E-state index in [0.29, 0.717) is 0 Å². The molecule has 0 aliphatic rings. The Hall–Kier alpha value is -6.70. The molecule has 1 heterocycles. The highest BCUT2D eigenvalue weighted by molar-refractivity contribution is 6.26. The van der Waals surface area contributed by atoms with Gasteiger partial charge in [-0.25, -0.2) is 0 Å². The van der Waals surface area contributed by atoms with Gasteiger partial charge in [0.1, 0.15) is 11.2 Å². The molecule has 51 heavy (non-hydrogen) atoms. The van der Waals surface area contributed by atoms with E-state index in [1.54, 1.807) is 0 Å². The summed E-state index contributed by atoms with van der Waals surface area (Å²) in [4.78, 5) is 0. The molecular formula is C50H30O. The van der Waals surface area contributed by atoms with E-state index in [1.165, 1.54) is 87.2 Å². The van der Waals surface area contributed by atoms with Crippen molar-refractivity contribution in [3.63, 3.8) is 0 Å². The molecule has 0 bridgehead atoms. The van der Waals surface area contributed by atoms with Gasteiger partial charge < -0.3 is 4.42 Å². The summed E-state index contributed by atoms with van der Waals surface area (Å²) in [5.41, 5.74) is 9.22. The van der Waals surface area contributed by atoms with Crippen molar-refractivity contribution in [3.05, 3.63) is 182 Å². The summed E-state index contributed by atoms with van der Waals surface area (Å²) in [5.74, 6) is 0. The average Bonchev–Trinajstić information content (AvgIpc) is 3.56. The Labute approximate surface area is 294 Å². The van der Waals surface area contributed by atoms with Crippen molar-refractivity contribution in [2.45, 2.75) is 0 Å². The van der Waals surface area contributed by atoms with Crippen LogP contribution in [0.1, 0.15) is 0 Å². The molecule has 1 aromatic heterocycles. The first-order chi connectivity index (χ1) is 25.3. The van der Waals surface area contributed by atoms with Gasteiger partial charge in [0.15, 0.2) is 0 Å². The van der Waals surface area contributed by atoms with E-state index in [-0.39, 0.29) is 0 Å². The van der Waals surface area contributed by atoms with Gasteiger partial charge in [0.2, 0.25) is 0 Å². The van der Waals surface area contributed by atoms with Crippen LogP contribution in [0.15, 0.2) is 186 Å². The highest BCUT2D eigenvalue weighted by atomic mass is 16.3.